The topological polar surface area (TPSA) is 52.5 Å². The Morgan fingerprint density at radius 1 is 1.27 bits per heavy atom. The van der Waals surface area contributed by atoms with Crippen LogP contribution in [0.1, 0.15) is 47.0 Å². The van der Waals surface area contributed by atoms with E-state index >= 15 is 0 Å². The lowest BCUT2D eigenvalue weighted by Crippen LogP contribution is -2.46. The van der Waals surface area contributed by atoms with Crippen LogP contribution >= 0.6 is 0 Å². The minimum atomic E-state index is -0.685. The number of nitrogens with one attached hydrogen (secondary N) is 1. The van der Waals surface area contributed by atoms with E-state index in [4.69, 9.17) is 5.11 Å². The lowest BCUT2D eigenvalue weighted by molar-refractivity contribution is 0.0423. The van der Waals surface area contributed by atoms with Crippen molar-refractivity contribution in [2.24, 2.45) is 5.92 Å². The van der Waals surface area contributed by atoms with E-state index in [-0.39, 0.29) is 12.6 Å². The minimum absolute atomic E-state index is 0.0792. The maximum Gasteiger partial charge on any atom is 0.0741 e. The van der Waals surface area contributed by atoms with E-state index in [1.165, 1.54) is 0 Å². The van der Waals surface area contributed by atoms with Gasteiger partial charge in [0, 0.05) is 12.6 Å². The summed E-state index contributed by atoms with van der Waals surface area (Å²) in [5.74, 6) is 0.518. The number of hydrogen-bond donors (Lipinski definition) is 3. The van der Waals surface area contributed by atoms with Crippen LogP contribution in [0.4, 0.5) is 0 Å². The summed E-state index contributed by atoms with van der Waals surface area (Å²) in [5, 5.41) is 22.0. The van der Waals surface area contributed by atoms with Gasteiger partial charge in [0.15, 0.2) is 0 Å². The third-order valence-corrected chi connectivity index (χ3v) is 3.01. The maximum absolute atomic E-state index is 9.75. The van der Waals surface area contributed by atoms with E-state index in [0.29, 0.717) is 5.92 Å². The third kappa shape index (κ3) is 6.88. The van der Waals surface area contributed by atoms with Gasteiger partial charge in [0.05, 0.1) is 5.60 Å². The fraction of sp³-hybridized carbons (Fsp3) is 1.00. The lowest BCUT2D eigenvalue weighted by Gasteiger charge is -2.28. The van der Waals surface area contributed by atoms with Crippen LogP contribution in [-0.4, -0.2) is 35.0 Å². The van der Waals surface area contributed by atoms with Gasteiger partial charge in [0.1, 0.15) is 0 Å². The van der Waals surface area contributed by atoms with Gasteiger partial charge in [-0.15, -0.1) is 0 Å². The van der Waals surface area contributed by atoms with Crippen molar-refractivity contribution in [3.63, 3.8) is 0 Å². The van der Waals surface area contributed by atoms with Gasteiger partial charge < -0.3 is 15.5 Å². The zero-order valence-corrected chi connectivity index (χ0v) is 10.6. The van der Waals surface area contributed by atoms with Crippen LogP contribution in [0.15, 0.2) is 0 Å². The van der Waals surface area contributed by atoms with Gasteiger partial charge in [-0.05, 0) is 46.1 Å². The Morgan fingerprint density at radius 2 is 1.87 bits per heavy atom. The smallest absolute Gasteiger partial charge is 0.0741 e. The van der Waals surface area contributed by atoms with E-state index in [0.717, 1.165) is 25.8 Å². The Labute approximate surface area is 93.9 Å². The first-order chi connectivity index (χ1) is 6.91. The van der Waals surface area contributed by atoms with Crippen molar-refractivity contribution in [3.05, 3.63) is 0 Å². The van der Waals surface area contributed by atoms with Crippen molar-refractivity contribution in [2.45, 2.75) is 58.6 Å². The van der Waals surface area contributed by atoms with Crippen molar-refractivity contribution in [2.75, 3.05) is 13.2 Å². The molecule has 3 nitrogen and oxygen atoms in total. The molecule has 0 radical (unpaired) electrons. The molecule has 0 aromatic heterocycles. The Kier molecular flexibility index (Phi) is 7.14. The molecule has 0 aliphatic rings. The molecule has 15 heavy (non-hydrogen) atoms. The highest BCUT2D eigenvalue weighted by atomic mass is 16.3. The van der Waals surface area contributed by atoms with Crippen LogP contribution in [0.2, 0.25) is 0 Å². The summed E-state index contributed by atoms with van der Waals surface area (Å²) in [6, 6.07) is 0.0792. The monoisotopic (exact) mass is 217 g/mol. The first kappa shape index (κ1) is 14.9. The quantitative estimate of drug-likeness (QED) is 0.578. The minimum Gasteiger partial charge on any atom is -0.396 e. The highest BCUT2D eigenvalue weighted by Gasteiger charge is 2.22. The molecular weight excluding hydrogens is 190 g/mol. The van der Waals surface area contributed by atoms with E-state index in [1.54, 1.807) is 0 Å². The Balaban J connectivity index is 3.87. The van der Waals surface area contributed by atoms with Crippen molar-refractivity contribution >= 4 is 0 Å². The summed E-state index contributed by atoms with van der Waals surface area (Å²) in [6.45, 7) is 8.89. The second kappa shape index (κ2) is 7.20. The molecule has 0 aliphatic carbocycles. The molecule has 0 aliphatic heterocycles. The van der Waals surface area contributed by atoms with E-state index < -0.39 is 5.60 Å². The fourth-order valence-corrected chi connectivity index (χ4v) is 1.53. The summed E-state index contributed by atoms with van der Waals surface area (Å²) < 4.78 is 0. The Hall–Kier alpha value is -0.120. The molecule has 0 heterocycles. The third-order valence-electron chi connectivity index (χ3n) is 3.01. The molecule has 0 rings (SSSR count). The number of rotatable bonds is 8. The van der Waals surface area contributed by atoms with Gasteiger partial charge in [-0.2, -0.15) is 0 Å². The van der Waals surface area contributed by atoms with Crippen LogP contribution in [0.5, 0.6) is 0 Å². The lowest BCUT2D eigenvalue weighted by atomic mass is 9.97. The van der Waals surface area contributed by atoms with E-state index in [9.17, 15) is 5.11 Å². The molecule has 3 N–H and O–H groups in total. The molecular formula is C12H27NO2. The summed E-state index contributed by atoms with van der Waals surface area (Å²) in [5.41, 5.74) is -0.685. The van der Waals surface area contributed by atoms with Crippen LogP contribution in [-0.2, 0) is 0 Å². The van der Waals surface area contributed by atoms with Crippen molar-refractivity contribution in [3.8, 4) is 0 Å². The first-order valence-electron chi connectivity index (χ1n) is 5.98. The highest BCUT2D eigenvalue weighted by molar-refractivity contribution is 4.80. The summed E-state index contributed by atoms with van der Waals surface area (Å²) >= 11 is 0. The molecule has 92 valence electrons. The fourth-order valence-electron chi connectivity index (χ4n) is 1.53. The average Bonchev–Trinajstić information content (AvgIpc) is 2.12. The Bertz CT molecular complexity index is 148. The van der Waals surface area contributed by atoms with Crippen molar-refractivity contribution in [1.29, 1.82) is 0 Å². The Morgan fingerprint density at radius 3 is 2.27 bits per heavy atom. The number of aliphatic hydroxyl groups excluding tert-OH is 1. The van der Waals surface area contributed by atoms with Gasteiger partial charge in [-0.1, -0.05) is 13.3 Å². The summed E-state index contributed by atoms with van der Waals surface area (Å²) in [4.78, 5) is 0. The molecule has 2 unspecified atom stereocenters. The molecule has 0 fully saturated rings. The van der Waals surface area contributed by atoms with Crippen LogP contribution in [0.25, 0.3) is 0 Å². The van der Waals surface area contributed by atoms with Gasteiger partial charge >= 0.3 is 0 Å². The van der Waals surface area contributed by atoms with Gasteiger partial charge in [-0.25, -0.2) is 0 Å². The number of aliphatic hydroxyl groups is 2. The number of hydrogen-bond acceptors (Lipinski definition) is 3. The molecule has 3 heteroatoms. The van der Waals surface area contributed by atoms with Crippen LogP contribution in [0.3, 0.4) is 0 Å². The second-order valence-electron chi connectivity index (χ2n) is 4.95. The van der Waals surface area contributed by atoms with Crippen LogP contribution in [0, 0.1) is 5.92 Å². The predicted molar refractivity (Wildman–Crippen MR) is 63.9 cm³/mol. The van der Waals surface area contributed by atoms with Gasteiger partial charge in [0.25, 0.3) is 0 Å². The van der Waals surface area contributed by atoms with Crippen molar-refractivity contribution in [1.82, 2.24) is 5.32 Å². The average molecular weight is 217 g/mol. The first-order valence-corrected chi connectivity index (χ1v) is 5.98. The van der Waals surface area contributed by atoms with Gasteiger partial charge in [-0.3, -0.25) is 0 Å². The molecule has 0 bridgehead atoms. The molecule has 0 aromatic carbocycles. The second-order valence-corrected chi connectivity index (χ2v) is 4.95. The summed E-state index contributed by atoms with van der Waals surface area (Å²) in [7, 11) is 0. The van der Waals surface area contributed by atoms with Crippen LogP contribution < -0.4 is 5.32 Å². The molecule has 0 aromatic rings. The molecule has 0 spiro atoms. The van der Waals surface area contributed by atoms with E-state index in [2.05, 4.69) is 12.2 Å². The predicted octanol–water partition coefficient (Wildman–Crippen LogP) is 1.53. The zero-order valence-electron chi connectivity index (χ0n) is 10.6. The molecule has 0 amide bonds. The SMILES string of the molecule is CCCC(CCO)CNC(C)C(C)(C)O. The normalized spacial score (nSPS) is 16.4. The zero-order chi connectivity index (χ0) is 11.9. The highest BCUT2D eigenvalue weighted by Crippen LogP contribution is 2.12. The van der Waals surface area contributed by atoms with E-state index in [1.807, 2.05) is 20.8 Å². The molecule has 0 saturated carbocycles. The molecule has 2 atom stereocenters. The largest absolute Gasteiger partial charge is 0.396 e. The maximum atomic E-state index is 9.75. The van der Waals surface area contributed by atoms with Crippen molar-refractivity contribution < 1.29 is 10.2 Å². The standard InChI is InChI=1S/C12H27NO2/c1-5-6-11(7-8-14)9-13-10(2)12(3,4)15/h10-11,13-15H,5-9H2,1-4H3. The summed E-state index contributed by atoms with van der Waals surface area (Å²) in [6.07, 6.45) is 3.12. The van der Waals surface area contributed by atoms with Gasteiger partial charge in [0.2, 0.25) is 0 Å². The molecule has 0 saturated heterocycles.